The van der Waals surface area contributed by atoms with Crippen LogP contribution in [-0.4, -0.2) is 24.1 Å². The van der Waals surface area contributed by atoms with E-state index < -0.39 is 0 Å². The Morgan fingerprint density at radius 2 is 2.60 bits per heavy atom. The zero-order valence-electron chi connectivity index (χ0n) is 8.42. The number of oxime groups is 1. The van der Waals surface area contributed by atoms with E-state index in [4.69, 9.17) is 10.6 Å². The number of aromatic nitrogens is 1. The van der Waals surface area contributed by atoms with Gasteiger partial charge in [0, 0.05) is 11.3 Å². The fourth-order valence-electron chi connectivity index (χ4n) is 1.10. The standard InChI is InChI=1S/C9H13N3O2S/c1-2-7(5-14-11-3-4-13)8-6-15-9(10)12-8/h3-4,6-7H,2,5H2,1H3,(H2,10,12). The van der Waals surface area contributed by atoms with Crippen LogP contribution < -0.4 is 5.73 Å². The summed E-state index contributed by atoms with van der Waals surface area (Å²) in [5.41, 5.74) is 6.46. The molecule has 5 nitrogen and oxygen atoms in total. The first-order valence-electron chi connectivity index (χ1n) is 4.58. The van der Waals surface area contributed by atoms with Crippen molar-refractivity contribution in [2.45, 2.75) is 19.3 Å². The molecule has 82 valence electrons. The van der Waals surface area contributed by atoms with Crippen LogP contribution in [0.15, 0.2) is 10.5 Å². The first-order valence-corrected chi connectivity index (χ1v) is 5.45. The van der Waals surface area contributed by atoms with E-state index in [1.54, 1.807) is 0 Å². The molecule has 0 radical (unpaired) electrons. The van der Waals surface area contributed by atoms with Crippen molar-refractivity contribution < 1.29 is 9.63 Å². The predicted molar refractivity (Wildman–Crippen MR) is 60.1 cm³/mol. The number of carbonyl (C=O) groups excluding carboxylic acids is 1. The van der Waals surface area contributed by atoms with Crippen LogP contribution in [0.4, 0.5) is 5.13 Å². The number of rotatable bonds is 6. The molecule has 1 rings (SSSR count). The summed E-state index contributed by atoms with van der Waals surface area (Å²) in [7, 11) is 0. The minimum atomic E-state index is 0.169. The van der Waals surface area contributed by atoms with Crippen molar-refractivity contribution in [3.05, 3.63) is 11.1 Å². The van der Waals surface area contributed by atoms with Gasteiger partial charge >= 0.3 is 0 Å². The van der Waals surface area contributed by atoms with Crippen LogP contribution in [0.5, 0.6) is 0 Å². The Bertz CT molecular complexity index is 338. The van der Waals surface area contributed by atoms with Crippen molar-refractivity contribution in [3.63, 3.8) is 0 Å². The lowest BCUT2D eigenvalue weighted by Crippen LogP contribution is -2.05. The molecular formula is C9H13N3O2S. The van der Waals surface area contributed by atoms with Gasteiger partial charge in [-0.05, 0) is 6.42 Å². The number of aldehydes is 1. The monoisotopic (exact) mass is 227 g/mol. The van der Waals surface area contributed by atoms with Gasteiger partial charge in [-0.1, -0.05) is 12.1 Å². The summed E-state index contributed by atoms with van der Waals surface area (Å²) in [5.74, 6) is 0.169. The second-order valence-electron chi connectivity index (χ2n) is 2.90. The summed E-state index contributed by atoms with van der Waals surface area (Å²) in [4.78, 5) is 19.1. The molecule has 1 heterocycles. The van der Waals surface area contributed by atoms with Gasteiger partial charge < -0.3 is 10.6 Å². The van der Waals surface area contributed by atoms with Crippen LogP contribution in [0.25, 0.3) is 0 Å². The third-order valence-electron chi connectivity index (χ3n) is 1.92. The number of carbonyl (C=O) groups is 1. The summed E-state index contributed by atoms with van der Waals surface area (Å²) in [6, 6.07) is 0. The van der Waals surface area contributed by atoms with Gasteiger partial charge in [0.2, 0.25) is 0 Å². The Morgan fingerprint density at radius 1 is 1.80 bits per heavy atom. The van der Waals surface area contributed by atoms with Gasteiger partial charge in [-0.15, -0.1) is 11.3 Å². The van der Waals surface area contributed by atoms with E-state index in [-0.39, 0.29) is 5.92 Å². The molecule has 15 heavy (non-hydrogen) atoms. The Labute approximate surface area is 91.9 Å². The number of anilines is 1. The highest BCUT2D eigenvalue weighted by Gasteiger charge is 2.13. The maximum absolute atomic E-state index is 9.94. The Hall–Kier alpha value is -1.43. The number of nitrogen functional groups attached to an aromatic ring is 1. The third-order valence-corrected chi connectivity index (χ3v) is 2.61. The van der Waals surface area contributed by atoms with Gasteiger partial charge in [-0.2, -0.15) is 0 Å². The molecule has 0 saturated carbocycles. The molecule has 1 unspecified atom stereocenters. The van der Waals surface area contributed by atoms with E-state index in [0.717, 1.165) is 18.3 Å². The molecule has 0 aliphatic rings. The highest BCUT2D eigenvalue weighted by atomic mass is 32.1. The van der Waals surface area contributed by atoms with Crippen molar-refractivity contribution in [1.29, 1.82) is 0 Å². The Morgan fingerprint density at radius 3 is 3.13 bits per heavy atom. The van der Waals surface area contributed by atoms with Gasteiger partial charge in [-0.25, -0.2) is 4.98 Å². The molecule has 1 atom stereocenters. The summed E-state index contributed by atoms with van der Waals surface area (Å²) in [6.45, 7) is 2.44. The predicted octanol–water partition coefficient (Wildman–Crippen LogP) is 1.42. The van der Waals surface area contributed by atoms with Crippen LogP contribution in [-0.2, 0) is 9.63 Å². The SMILES string of the molecule is CCC(CON=CC=O)c1csc(N)n1. The molecule has 0 spiro atoms. The largest absolute Gasteiger partial charge is 0.395 e. The molecule has 6 heteroatoms. The third kappa shape index (κ3) is 3.67. The number of nitrogens with two attached hydrogens (primary N) is 1. The van der Waals surface area contributed by atoms with E-state index in [1.165, 1.54) is 11.3 Å². The first-order chi connectivity index (χ1) is 7.27. The molecule has 0 aromatic carbocycles. The fourth-order valence-corrected chi connectivity index (χ4v) is 1.75. The maximum Gasteiger partial charge on any atom is 0.180 e. The zero-order valence-corrected chi connectivity index (χ0v) is 9.24. The summed E-state index contributed by atoms with van der Waals surface area (Å²) < 4.78 is 0. The average Bonchev–Trinajstić information content (AvgIpc) is 2.65. The van der Waals surface area contributed by atoms with Crippen molar-refractivity contribution in [1.82, 2.24) is 4.98 Å². The van der Waals surface area contributed by atoms with Crippen LogP contribution in [0.2, 0.25) is 0 Å². The summed E-state index contributed by atoms with van der Waals surface area (Å²) in [5, 5.41) is 5.93. The lowest BCUT2D eigenvalue weighted by Gasteiger charge is -2.09. The molecule has 0 bridgehead atoms. The van der Waals surface area contributed by atoms with Crippen molar-refractivity contribution in [3.8, 4) is 0 Å². The smallest absolute Gasteiger partial charge is 0.180 e. The lowest BCUT2D eigenvalue weighted by molar-refractivity contribution is -0.102. The lowest BCUT2D eigenvalue weighted by atomic mass is 10.1. The molecule has 2 N–H and O–H groups in total. The van der Waals surface area contributed by atoms with E-state index >= 15 is 0 Å². The van der Waals surface area contributed by atoms with Crippen LogP contribution in [0, 0.1) is 0 Å². The number of nitrogens with zero attached hydrogens (tertiary/aromatic N) is 2. The van der Waals surface area contributed by atoms with Crippen molar-refractivity contribution in [2.24, 2.45) is 5.16 Å². The zero-order chi connectivity index (χ0) is 11.1. The van der Waals surface area contributed by atoms with Gasteiger partial charge in [0.1, 0.15) is 12.8 Å². The van der Waals surface area contributed by atoms with Crippen molar-refractivity contribution in [2.75, 3.05) is 12.3 Å². The second kappa shape index (κ2) is 6.13. The molecule has 1 aromatic rings. The number of hydrogen-bond donors (Lipinski definition) is 1. The Kier molecular flexibility index (Phi) is 4.76. The van der Waals surface area contributed by atoms with E-state index in [9.17, 15) is 4.79 Å². The molecule has 0 fully saturated rings. The number of thiazole rings is 1. The van der Waals surface area contributed by atoms with Crippen LogP contribution >= 0.6 is 11.3 Å². The van der Waals surface area contributed by atoms with Crippen LogP contribution in [0.1, 0.15) is 25.0 Å². The highest BCUT2D eigenvalue weighted by molar-refractivity contribution is 7.13. The average molecular weight is 227 g/mol. The second-order valence-corrected chi connectivity index (χ2v) is 3.79. The topological polar surface area (TPSA) is 77.6 Å². The van der Waals surface area contributed by atoms with Crippen molar-refractivity contribution >= 4 is 29.0 Å². The molecular weight excluding hydrogens is 214 g/mol. The molecule has 0 amide bonds. The van der Waals surface area contributed by atoms with Gasteiger partial charge in [0.15, 0.2) is 11.4 Å². The van der Waals surface area contributed by atoms with E-state index in [1.807, 2.05) is 12.3 Å². The first kappa shape index (κ1) is 11.6. The van der Waals surface area contributed by atoms with E-state index in [0.29, 0.717) is 18.0 Å². The van der Waals surface area contributed by atoms with Gasteiger partial charge in [-0.3, -0.25) is 4.79 Å². The highest BCUT2D eigenvalue weighted by Crippen LogP contribution is 2.22. The van der Waals surface area contributed by atoms with Gasteiger partial charge in [0.25, 0.3) is 0 Å². The fraction of sp³-hybridized carbons (Fsp3) is 0.444. The molecule has 1 aromatic heterocycles. The molecule has 0 aliphatic heterocycles. The normalized spacial score (nSPS) is 12.9. The van der Waals surface area contributed by atoms with Crippen LogP contribution in [0.3, 0.4) is 0 Å². The summed E-state index contributed by atoms with van der Waals surface area (Å²) in [6.07, 6.45) is 2.53. The number of hydrogen-bond acceptors (Lipinski definition) is 6. The minimum Gasteiger partial charge on any atom is -0.395 e. The molecule has 0 saturated heterocycles. The minimum absolute atomic E-state index is 0.169. The Balaban J connectivity index is 2.49. The molecule has 0 aliphatic carbocycles. The maximum atomic E-state index is 9.94. The summed E-state index contributed by atoms with van der Waals surface area (Å²) >= 11 is 1.41. The quantitative estimate of drug-likeness (QED) is 0.453. The van der Waals surface area contributed by atoms with E-state index in [2.05, 4.69) is 10.1 Å². The van der Waals surface area contributed by atoms with Gasteiger partial charge in [0.05, 0.1) is 5.69 Å².